The number of rotatable bonds is 6. The van der Waals surface area contributed by atoms with E-state index in [1.54, 1.807) is 0 Å². The van der Waals surface area contributed by atoms with Gasteiger partial charge in [-0.15, -0.1) is 0 Å². The van der Waals surface area contributed by atoms with Crippen LogP contribution < -0.4 is 10.2 Å². The maximum Gasteiger partial charge on any atom is 0.0396 e. The van der Waals surface area contributed by atoms with Crippen LogP contribution in [0.5, 0.6) is 0 Å². The number of nitrogens with one attached hydrogen (secondary N) is 1. The summed E-state index contributed by atoms with van der Waals surface area (Å²) in [4.78, 5) is 2.50. The van der Waals surface area contributed by atoms with Crippen molar-refractivity contribution in [3.05, 3.63) is 29.8 Å². The van der Waals surface area contributed by atoms with Crippen LogP contribution in [0, 0.1) is 6.92 Å². The van der Waals surface area contributed by atoms with Crippen molar-refractivity contribution in [2.75, 3.05) is 36.8 Å². The Bertz CT molecular complexity index is 375. The third kappa shape index (κ3) is 4.43. The zero-order valence-electron chi connectivity index (χ0n) is 12.2. The van der Waals surface area contributed by atoms with Gasteiger partial charge in [0.2, 0.25) is 0 Å². The Kier molecular flexibility index (Phi) is 6.05. The topological polar surface area (TPSA) is 15.3 Å². The number of hydrogen-bond acceptors (Lipinski definition) is 3. The van der Waals surface area contributed by atoms with Crippen molar-refractivity contribution in [2.45, 2.75) is 31.9 Å². The number of piperidine rings is 1. The second kappa shape index (κ2) is 7.81. The zero-order chi connectivity index (χ0) is 13.5. The highest BCUT2D eigenvalue weighted by molar-refractivity contribution is 7.99. The zero-order valence-corrected chi connectivity index (χ0v) is 13.0. The van der Waals surface area contributed by atoms with Gasteiger partial charge in [-0.3, -0.25) is 0 Å². The molecule has 19 heavy (non-hydrogen) atoms. The molecule has 0 bridgehead atoms. The molecule has 1 aromatic rings. The van der Waals surface area contributed by atoms with Crippen molar-refractivity contribution < 1.29 is 0 Å². The van der Waals surface area contributed by atoms with Crippen LogP contribution in [0.3, 0.4) is 0 Å². The molecule has 1 aromatic carbocycles. The first kappa shape index (κ1) is 14.7. The number of para-hydroxylation sites is 1. The molecule has 3 heteroatoms. The van der Waals surface area contributed by atoms with E-state index in [-0.39, 0.29) is 0 Å². The highest BCUT2D eigenvalue weighted by Crippen LogP contribution is 2.23. The number of aryl methyl sites for hydroxylation is 1. The van der Waals surface area contributed by atoms with E-state index in [0.717, 1.165) is 18.3 Å². The summed E-state index contributed by atoms with van der Waals surface area (Å²) in [6, 6.07) is 8.72. The number of benzene rings is 1. The van der Waals surface area contributed by atoms with E-state index in [1.807, 2.05) is 0 Å². The normalized spacial score (nSPS) is 16.5. The fraction of sp³-hybridized carbons (Fsp3) is 0.625. The Hall–Kier alpha value is -0.670. The Morgan fingerprint density at radius 3 is 2.68 bits per heavy atom. The predicted molar refractivity (Wildman–Crippen MR) is 87.4 cm³/mol. The van der Waals surface area contributed by atoms with Gasteiger partial charge < -0.3 is 10.2 Å². The lowest BCUT2D eigenvalue weighted by molar-refractivity contribution is 0.531. The Morgan fingerprint density at radius 1 is 1.26 bits per heavy atom. The summed E-state index contributed by atoms with van der Waals surface area (Å²) < 4.78 is 0. The second-order valence-corrected chi connectivity index (χ2v) is 6.59. The molecule has 0 unspecified atom stereocenters. The maximum atomic E-state index is 3.43. The number of hydrogen-bond donors (Lipinski definition) is 1. The average molecular weight is 278 g/mol. The van der Waals surface area contributed by atoms with Crippen LogP contribution in [-0.2, 0) is 0 Å². The standard InChI is InChI=1S/C16H26N2S/c1-3-18(16-7-5-4-6-14(16)2)12-13-19-15-8-10-17-11-9-15/h4-7,15,17H,3,8-13H2,1-2H3. The molecule has 0 atom stereocenters. The van der Waals surface area contributed by atoms with Crippen LogP contribution in [0.25, 0.3) is 0 Å². The molecule has 1 heterocycles. The SMILES string of the molecule is CCN(CCSC1CCNCC1)c1ccccc1C. The van der Waals surface area contributed by atoms with E-state index in [0.29, 0.717) is 0 Å². The lowest BCUT2D eigenvalue weighted by Crippen LogP contribution is -2.31. The largest absolute Gasteiger partial charge is 0.371 e. The molecule has 106 valence electrons. The van der Waals surface area contributed by atoms with Gasteiger partial charge in [0.15, 0.2) is 0 Å². The molecule has 1 aliphatic rings. The number of thioether (sulfide) groups is 1. The Morgan fingerprint density at radius 2 is 2.00 bits per heavy atom. The molecular formula is C16H26N2S. The molecular weight excluding hydrogens is 252 g/mol. The summed E-state index contributed by atoms with van der Waals surface area (Å²) in [6.07, 6.45) is 2.67. The molecule has 1 N–H and O–H groups in total. The van der Waals surface area contributed by atoms with Crippen LogP contribution in [-0.4, -0.2) is 37.2 Å². The van der Waals surface area contributed by atoms with Crippen LogP contribution in [0.15, 0.2) is 24.3 Å². The third-order valence-corrected chi connectivity index (χ3v) is 5.20. The summed E-state index contributed by atoms with van der Waals surface area (Å²) in [6.45, 7) is 9.12. The van der Waals surface area contributed by atoms with E-state index in [4.69, 9.17) is 0 Å². The van der Waals surface area contributed by atoms with Crippen LogP contribution in [0.4, 0.5) is 5.69 Å². The molecule has 0 aliphatic carbocycles. The smallest absolute Gasteiger partial charge is 0.0396 e. The molecule has 1 saturated heterocycles. The summed E-state index contributed by atoms with van der Waals surface area (Å²) in [5, 5.41) is 4.31. The summed E-state index contributed by atoms with van der Waals surface area (Å²) >= 11 is 2.16. The molecule has 1 fully saturated rings. The maximum absolute atomic E-state index is 3.43. The van der Waals surface area contributed by atoms with E-state index in [2.05, 4.69) is 60.1 Å². The number of nitrogens with zero attached hydrogens (tertiary/aromatic N) is 1. The molecule has 2 nitrogen and oxygen atoms in total. The lowest BCUT2D eigenvalue weighted by atomic mass is 10.2. The molecule has 0 spiro atoms. The van der Waals surface area contributed by atoms with Crippen LogP contribution in [0.1, 0.15) is 25.3 Å². The predicted octanol–water partition coefficient (Wildman–Crippen LogP) is 3.31. The van der Waals surface area contributed by atoms with Crippen LogP contribution >= 0.6 is 11.8 Å². The van der Waals surface area contributed by atoms with Gasteiger partial charge in [-0.25, -0.2) is 0 Å². The van der Waals surface area contributed by atoms with Crippen molar-refractivity contribution in [3.8, 4) is 0 Å². The Balaban J connectivity index is 1.81. The average Bonchev–Trinajstić information content (AvgIpc) is 2.46. The van der Waals surface area contributed by atoms with E-state index in [9.17, 15) is 0 Å². The van der Waals surface area contributed by atoms with Crippen molar-refractivity contribution in [1.82, 2.24) is 5.32 Å². The first-order valence-electron chi connectivity index (χ1n) is 7.44. The Labute approximate surface area is 122 Å². The van der Waals surface area contributed by atoms with Crippen molar-refractivity contribution in [1.29, 1.82) is 0 Å². The molecule has 1 aliphatic heterocycles. The van der Waals surface area contributed by atoms with Gasteiger partial charge in [0.05, 0.1) is 0 Å². The van der Waals surface area contributed by atoms with Gasteiger partial charge >= 0.3 is 0 Å². The van der Waals surface area contributed by atoms with E-state index < -0.39 is 0 Å². The molecule has 0 aromatic heterocycles. The monoisotopic (exact) mass is 278 g/mol. The second-order valence-electron chi connectivity index (χ2n) is 5.19. The van der Waals surface area contributed by atoms with Crippen molar-refractivity contribution >= 4 is 17.4 Å². The van der Waals surface area contributed by atoms with Gasteiger partial charge in [-0.2, -0.15) is 11.8 Å². The van der Waals surface area contributed by atoms with Gasteiger partial charge in [-0.1, -0.05) is 18.2 Å². The van der Waals surface area contributed by atoms with Gasteiger partial charge in [0.1, 0.15) is 0 Å². The van der Waals surface area contributed by atoms with Crippen molar-refractivity contribution in [3.63, 3.8) is 0 Å². The minimum atomic E-state index is 0.872. The van der Waals surface area contributed by atoms with Gasteiger partial charge in [0.25, 0.3) is 0 Å². The number of anilines is 1. The van der Waals surface area contributed by atoms with Crippen LogP contribution in [0.2, 0.25) is 0 Å². The first-order chi connectivity index (χ1) is 9.31. The highest BCUT2D eigenvalue weighted by Gasteiger charge is 2.14. The highest BCUT2D eigenvalue weighted by atomic mass is 32.2. The van der Waals surface area contributed by atoms with Crippen molar-refractivity contribution in [2.24, 2.45) is 0 Å². The fourth-order valence-corrected chi connectivity index (χ4v) is 3.89. The molecule has 0 saturated carbocycles. The summed E-state index contributed by atoms with van der Waals surface area (Å²) in [7, 11) is 0. The van der Waals surface area contributed by atoms with Gasteiger partial charge in [-0.05, 0) is 51.4 Å². The third-order valence-electron chi connectivity index (χ3n) is 3.84. The molecule has 2 rings (SSSR count). The quantitative estimate of drug-likeness (QED) is 0.859. The lowest BCUT2D eigenvalue weighted by Gasteiger charge is -2.27. The fourth-order valence-electron chi connectivity index (χ4n) is 2.66. The minimum Gasteiger partial charge on any atom is -0.371 e. The minimum absolute atomic E-state index is 0.872. The molecule has 0 amide bonds. The first-order valence-corrected chi connectivity index (χ1v) is 8.49. The molecule has 0 radical (unpaired) electrons. The van der Waals surface area contributed by atoms with Gasteiger partial charge in [0, 0.05) is 29.8 Å². The van der Waals surface area contributed by atoms with E-state index >= 15 is 0 Å². The summed E-state index contributed by atoms with van der Waals surface area (Å²) in [5.74, 6) is 1.24. The summed E-state index contributed by atoms with van der Waals surface area (Å²) in [5.41, 5.74) is 2.78. The van der Waals surface area contributed by atoms with E-state index in [1.165, 1.54) is 42.9 Å².